The lowest BCUT2D eigenvalue weighted by Gasteiger charge is -2.17. The summed E-state index contributed by atoms with van der Waals surface area (Å²) in [5.74, 6) is -0.426. The Morgan fingerprint density at radius 3 is 2.50 bits per heavy atom. The summed E-state index contributed by atoms with van der Waals surface area (Å²) in [6.07, 6.45) is 0.00526. The number of rotatable bonds is 6. The Morgan fingerprint density at radius 2 is 1.82 bits per heavy atom. The maximum atomic E-state index is 12.1. The summed E-state index contributed by atoms with van der Waals surface area (Å²) in [7, 11) is 0. The van der Waals surface area contributed by atoms with Gasteiger partial charge in [-0.3, -0.25) is 20.4 Å². The topological polar surface area (TPSA) is 79.5 Å². The highest BCUT2D eigenvalue weighted by molar-refractivity contribution is 7.80. The number of aryl methyl sites for hydroxylation is 1. The molecule has 6 nitrogen and oxygen atoms in total. The van der Waals surface area contributed by atoms with Crippen LogP contribution in [0.2, 0.25) is 10.0 Å². The summed E-state index contributed by atoms with van der Waals surface area (Å²) < 4.78 is 5.49. The van der Waals surface area contributed by atoms with Crippen molar-refractivity contribution in [3.8, 4) is 5.75 Å². The molecule has 1 atom stereocenters. The monoisotopic (exact) mass is 439 g/mol. The molecule has 0 saturated heterocycles. The highest BCUT2D eigenvalue weighted by Crippen LogP contribution is 2.28. The minimum absolute atomic E-state index is 0.0110. The Hall–Kier alpha value is -2.35. The number of ether oxygens (including phenoxy) is 1. The Morgan fingerprint density at radius 1 is 1.11 bits per heavy atom. The van der Waals surface area contributed by atoms with Gasteiger partial charge in [0.1, 0.15) is 5.75 Å². The molecule has 0 aliphatic heterocycles. The van der Waals surface area contributed by atoms with E-state index < -0.39 is 12.0 Å². The van der Waals surface area contributed by atoms with Crippen LogP contribution in [0.3, 0.4) is 0 Å². The van der Waals surface area contributed by atoms with Gasteiger partial charge in [-0.05, 0) is 49.3 Å². The molecule has 0 aliphatic carbocycles. The molecule has 0 bridgehead atoms. The maximum Gasteiger partial charge on any atom is 0.279 e. The number of carbonyl (C=O) groups excluding carboxylic acids is 2. The summed E-state index contributed by atoms with van der Waals surface area (Å²) in [6, 6.07) is 14.3. The molecule has 0 heterocycles. The van der Waals surface area contributed by atoms with E-state index >= 15 is 0 Å². The SMILES string of the molecule is CC(Oc1ccc(Cl)cc1Cl)C(=O)NNC(=S)NC(=O)CCc1ccccc1. The fraction of sp³-hybridized carbons (Fsp3) is 0.211. The molecule has 2 rings (SSSR count). The van der Waals surface area contributed by atoms with Gasteiger partial charge in [0.15, 0.2) is 11.2 Å². The molecule has 9 heteroatoms. The van der Waals surface area contributed by atoms with Gasteiger partial charge in [0.2, 0.25) is 5.91 Å². The van der Waals surface area contributed by atoms with E-state index in [-0.39, 0.29) is 17.4 Å². The normalized spacial score (nSPS) is 11.2. The lowest BCUT2D eigenvalue weighted by atomic mass is 10.1. The highest BCUT2D eigenvalue weighted by Gasteiger charge is 2.16. The molecule has 0 saturated carbocycles. The van der Waals surface area contributed by atoms with E-state index in [0.717, 1.165) is 5.56 Å². The Labute approximate surface area is 178 Å². The van der Waals surface area contributed by atoms with Crippen molar-refractivity contribution in [2.75, 3.05) is 0 Å². The van der Waals surface area contributed by atoms with Crippen molar-refractivity contribution in [3.05, 3.63) is 64.1 Å². The third-order valence-corrected chi connectivity index (χ3v) is 4.34. The van der Waals surface area contributed by atoms with Gasteiger partial charge in [0, 0.05) is 11.4 Å². The van der Waals surface area contributed by atoms with Gasteiger partial charge >= 0.3 is 0 Å². The van der Waals surface area contributed by atoms with Crippen LogP contribution in [0.25, 0.3) is 0 Å². The quantitative estimate of drug-likeness (QED) is 0.474. The number of thiocarbonyl (C=S) groups is 1. The first-order chi connectivity index (χ1) is 13.3. The highest BCUT2D eigenvalue weighted by atomic mass is 35.5. The van der Waals surface area contributed by atoms with Crippen molar-refractivity contribution in [1.29, 1.82) is 0 Å². The molecule has 2 aromatic carbocycles. The summed E-state index contributed by atoms with van der Waals surface area (Å²) in [4.78, 5) is 24.0. The van der Waals surface area contributed by atoms with E-state index in [2.05, 4.69) is 16.2 Å². The zero-order valence-corrected chi connectivity index (χ0v) is 17.3. The van der Waals surface area contributed by atoms with Gasteiger partial charge in [-0.15, -0.1) is 0 Å². The maximum absolute atomic E-state index is 12.1. The number of nitrogens with one attached hydrogen (secondary N) is 3. The molecule has 148 valence electrons. The molecule has 3 N–H and O–H groups in total. The molecule has 0 radical (unpaired) electrons. The minimum Gasteiger partial charge on any atom is -0.479 e. The van der Waals surface area contributed by atoms with E-state index in [1.165, 1.54) is 6.07 Å². The summed E-state index contributed by atoms with van der Waals surface area (Å²) >= 11 is 16.8. The lowest BCUT2D eigenvalue weighted by molar-refractivity contribution is -0.128. The predicted molar refractivity (Wildman–Crippen MR) is 113 cm³/mol. The Bertz CT molecular complexity index is 850. The first-order valence-corrected chi connectivity index (χ1v) is 9.57. The average molecular weight is 440 g/mol. The fourth-order valence-electron chi connectivity index (χ4n) is 2.16. The van der Waals surface area contributed by atoms with Gasteiger partial charge in [-0.25, -0.2) is 0 Å². The molecular weight excluding hydrogens is 421 g/mol. The van der Waals surface area contributed by atoms with E-state index in [4.69, 9.17) is 40.2 Å². The molecule has 0 spiro atoms. The van der Waals surface area contributed by atoms with Crippen LogP contribution in [0, 0.1) is 0 Å². The van der Waals surface area contributed by atoms with Crippen molar-refractivity contribution in [2.45, 2.75) is 25.9 Å². The summed E-state index contributed by atoms with van der Waals surface area (Å²) in [5, 5.41) is 3.24. The Kier molecular flexibility index (Phi) is 8.50. The van der Waals surface area contributed by atoms with Gasteiger partial charge in [-0.2, -0.15) is 0 Å². The molecule has 0 aliphatic rings. The van der Waals surface area contributed by atoms with Crippen molar-refractivity contribution in [3.63, 3.8) is 0 Å². The summed E-state index contributed by atoms with van der Waals surface area (Å²) in [6.45, 7) is 1.55. The number of halogens is 2. The van der Waals surface area contributed by atoms with E-state index in [1.807, 2.05) is 30.3 Å². The second kappa shape index (κ2) is 10.8. The predicted octanol–water partition coefficient (Wildman–Crippen LogP) is 3.42. The Balaban J connectivity index is 1.72. The third kappa shape index (κ3) is 7.34. The zero-order valence-electron chi connectivity index (χ0n) is 15.0. The van der Waals surface area contributed by atoms with Crippen LogP contribution in [0.4, 0.5) is 0 Å². The lowest BCUT2D eigenvalue weighted by Crippen LogP contribution is -2.51. The third-order valence-electron chi connectivity index (χ3n) is 3.60. The van der Waals surface area contributed by atoms with Crippen LogP contribution in [-0.4, -0.2) is 23.0 Å². The van der Waals surface area contributed by atoms with Crippen molar-refractivity contribution in [1.82, 2.24) is 16.2 Å². The number of carbonyl (C=O) groups is 2. The fourth-order valence-corrected chi connectivity index (χ4v) is 2.78. The second-order valence-corrected chi connectivity index (χ2v) is 7.06. The van der Waals surface area contributed by atoms with E-state index in [9.17, 15) is 9.59 Å². The smallest absolute Gasteiger partial charge is 0.279 e. The van der Waals surface area contributed by atoms with Crippen molar-refractivity contribution < 1.29 is 14.3 Å². The molecule has 0 aromatic heterocycles. The molecule has 0 fully saturated rings. The van der Waals surface area contributed by atoms with Crippen LogP contribution < -0.4 is 20.9 Å². The first kappa shape index (κ1) is 21.9. The molecule has 2 aromatic rings. The minimum atomic E-state index is -0.859. The molecular formula is C19H19Cl2N3O3S. The first-order valence-electron chi connectivity index (χ1n) is 8.40. The van der Waals surface area contributed by atoms with Crippen LogP contribution in [0.5, 0.6) is 5.75 Å². The van der Waals surface area contributed by atoms with Gasteiger partial charge in [-0.1, -0.05) is 53.5 Å². The van der Waals surface area contributed by atoms with Crippen LogP contribution >= 0.6 is 35.4 Å². The zero-order chi connectivity index (χ0) is 20.5. The molecule has 28 heavy (non-hydrogen) atoms. The number of amides is 2. The second-order valence-electron chi connectivity index (χ2n) is 5.81. The van der Waals surface area contributed by atoms with Crippen molar-refractivity contribution in [2.24, 2.45) is 0 Å². The summed E-state index contributed by atoms with van der Waals surface area (Å²) in [5.41, 5.74) is 5.89. The number of hydrogen-bond donors (Lipinski definition) is 3. The van der Waals surface area contributed by atoms with Gasteiger partial charge < -0.3 is 10.1 Å². The standard InChI is InChI=1S/C19H19Cl2N3O3S/c1-12(27-16-9-8-14(20)11-15(16)21)18(26)23-24-19(28)22-17(25)10-7-13-5-3-2-4-6-13/h2-6,8-9,11-12H,7,10H2,1H3,(H,23,26)(H2,22,24,25,28). The van der Waals surface area contributed by atoms with Crippen LogP contribution in [0.1, 0.15) is 18.9 Å². The van der Waals surface area contributed by atoms with Crippen LogP contribution in [-0.2, 0) is 16.0 Å². The van der Waals surface area contributed by atoms with E-state index in [0.29, 0.717) is 22.2 Å². The van der Waals surface area contributed by atoms with E-state index in [1.54, 1.807) is 19.1 Å². The van der Waals surface area contributed by atoms with Gasteiger partial charge in [0.05, 0.1) is 5.02 Å². The average Bonchev–Trinajstić information content (AvgIpc) is 2.67. The number of benzene rings is 2. The number of hydrogen-bond acceptors (Lipinski definition) is 4. The molecule has 1 unspecified atom stereocenters. The van der Waals surface area contributed by atoms with Crippen molar-refractivity contribution >= 4 is 52.3 Å². The number of hydrazine groups is 1. The largest absolute Gasteiger partial charge is 0.479 e. The van der Waals surface area contributed by atoms with Gasteiger partial charge in [0.25, 0.3) is 5.91 Å². The van der Waals surface area contributed by atoms with Crippen LogP contribution in [0.15, 0.2) is 48.5 Å². The molecule has 2 amide bonds.